The molecule has 0 aliphatic carbocycles. The Bertz CT molecular complexity index is 764. The Labute approximate surface area is 118 Å². The van der Waals surface area contributed by atoms with Gasteiger partial charge >= 0.3 is 0 Å². The van der Waals surface area contributed by atoms with Gasteiger partial charge in [0.15, 0.2) is 0 Å². The smallest absolute Gasteiger partial charge is 0.121 e. The molecular weight excluding hydrogens is 246 g/mol. The van der Waals surface area contributed by atoms with Crippen LogP contribution in [0.25, 0.3) is 10.9 Å². The molecule has 1 heterocycles. The highest BCUT2D eigenvalue weighted by Gasteiger charge is 2.14. The van der Waals surface area contributed by atoms with Crippen molar-refractivity contribution < 1.29 is 5.11 Å². The number of aliphatic hydroxyl groups is 1. The second-order valence-electron chi connectivity index (χ2n) is 5.19. The molecule has 3 rings (SSSR count). The number of rotatable bonds is 2. The molecule has 1 unspecified atom stereocenters. The molecule has 3 aromatic rings. The fourth-order valence-corrected chi connectivity index (χ4v) is 2.53. The molecule has 1 atom stereocenters. The van der Waals surface area contributed by atoms with Crippen LogP contribution in [0.3, 0.4) is 0 Å². The first-order chi connectivity index (χ1) is 9.65. The van der Waals surface area contributed by atoms with Gasteiger partial charge in [0.25, 0.3) is 0 Å². The quantitative estimate of drug-likeness (QED) is 0.760. The summed E-state index contributed by atoms with van der Waals surface area (Å²) in [6, 6.07) is 17.9. The fraction of sp³-hybridized carbons (Fsp3) is 0.167. The molecule has 100 valence electrons. The first-order valence-corrected chi connectivity index (χ1v) is 6.76. The number of nitrogens with zero attached hydrogens (tertiary/aromatic N) is 1. The Morgan fingerprint density at radius 2 is 1.75 bits per heavy atom. The Morgan fingerprint density at radius 1 is 0.950 bits per heavy atom. The topological polar surface area (TPSA) is 33.1 Å². The van der Waals surface area contributed by atoms with Crippen LogP contribution in [0.5, 0.6) is 0 Å². The lowest BCUT2D eigenvalue weighted by molar-refractivity contribution is 0.215. The Kier molecular flexibility index (Phi) is 3.25. The molecule has 0 saturated carbocycles. The largest absolute Gasteiger partial charge is 0.382 e. The lowest BCUT2D eigenvalue weighted by Crippen LogP contribution is -2.04. The molecule has 2 heteroatoms. The number of pyridine rings is 1. The number of aromatic nitrogens is 1. The van der Waals surface area contributed by atoms with Crippen LogP contribution in [0.15, 0.2) is 54.6 Å². The van der Waals surface area contributed by atoms with Crippen molar-refractivity contribution in [3.05, 3.63) is 77.0 Å². The molecule has 0 radical (unpaired) electrons. The summed E-state index contributed by atoms with van der Waals surface area (Å²) in [7, 11) is 0. The van der Waals surface area contributed by atoms with E-state index in [1.807, 2.05) is 55.5 Å². The summed E-state index contributed by atoms with van der Waals surface area (Å²) in [5, 5.41) is 11.6. The van der Waals surface area contributed by atoms with Crippen molar-refractivity contribution in [2.45, 2.75) is 20.0 Å². The van der Waals surface area contributed by atoms with Gasteiger partial charge < -0.3 is 5.11 Å². The third-order valence-electron chi connectivity index (χ3n) is 3.62. The normalized spacial score (nSPS) is 12.6. The SMILES string of the molecule is Cc1ccc(C(O)c2ccc3ccccc3n2)c(C)c1. The van der Waals surface area contributed by atoms with Crippen molar-refractivity contribution >= 4 is 10.9 Å². The number of benzene rings is 2. The Hall–Kier alpha value is -2.19. The molecule has 0 aliphatic heterocycles. The summed E-state index contributed by atoms with van der Waals surface area (Å²) in [5.41, 5.74) is 4.81. The van der Waals surface area contributed by atoms with Crippen LogP contribution in [0.2, 0.25) is 0 Å². The van der Waals surface area contributed by atoms with Gasteiger partial charge in [0.2, 0.25) is 0 Å². The minimum absolute atomic E-state index is 0.680. The van der Waals surface area contributed by atoms with Gasteiger partial charge in [-0.3, -0.25) is 0 Å². The van der Waals surface area contributed by atoms with Crippen molar-refractivity contribution in [2.24, 2.45) is 0 Å². The van der Waals surface area contributed by atoms with Crippen molar-refractivity contribution in [3.63, 3.8) is 0 Å². The van der Waals surface area contributed by atoms with Gasteiger partial charge in [0, 0.05) is 5.39 Å². The maximum atomic E-state index is 10.6. The van der Waals surface area contributed by atoms with E-state index in [-0.39, 0.29) is 0 Å². The zero-order valence-electron chi connectivity index (χ0n) is 11.7. The van der Waals surface area contributed by atoms with Gasteiger partial charge in [-0.05, 0) is 37.1 Å². The lowest BCUT2D eigenvalue weighted by Gasteiger charge is -2.14. The highest BCUT2D eigenvalue weighted by molar-refractivity contribution is 5.78. The number of para-hydroxylation sites is 1. The summed E-state index contributed by atoms with van der Waals surface area (Å²) in [5.74, 6) is 0. The Morgan fingerprint density at radius 3 is 2.55 bits per heavy atom. The van der Waals surface area contributed by atoms with Gasteiger partial charge in [-0.15, -0.1) is 0 Å². The third-order valence-corrected chi connectivity index (χ3v) is 3.62. The molecule has 2 aromatic carbocycles. The predicted octanol–water partition coefficient (Wildman–Crippen LogP) is 3.93. The van der Waals surface area contributed by atoms with Gasteiger partial charge in [-0.25, -0.2) is 4.98 Å². The minimum atomic E-state index is -0.680. The van der Waals surface area contributed by atoms with Crippen LogP contribution >= 0.6 is 0 Å². The van der Waals surface area contributed by atoms with Gasteiger partial charge in [-0.1, -0.05) is 48.0 Å². The van der Waals surface area contributed by atoms with Crippen molar-refractivity contribution in [3.8, 4) is 0 Å². The number of fused-ring (bicyclic) bond motifs is 1. The zero-order valence-corrected chi connectivity index (χ0v) is 11.7. The zero-order chi connectivity index (χ0) is 14.1. The van der Waals surface area contributed by atoms with E-state index in [0.717, 1.165) is 22.0 Å². The molecule has 0 bridgehead atoms. The third kappa shape index (κ3) is 2.30. The predicted molar refractivity (Wildman–Crippen MR) is 81.7 cm³/mol. The van der Waals surface area contributed by atoms with Crippen LogP contribution in [-0.2, 0) is 0 Å². The van der Waals surface area contributed by atoms with Gasteiger partial charge in [0.1, 0.15) is 6.10 Å². The molecule has 0 spiro atoms. The van der Waals surface area contributed by atoms with E-state index in [9.17, 15) is 5.11 Å². The standard InChI is InChI=1S/C18H17NO/c1-12-7-9-15(13(2)11-12)18(20)17-10-8-14-5-3-4-6-16(14)19-17/h3-11,18,20H,1-2H3. The number of hydrogen-bond donors (Lipinski definition) is 1. The summed E-state index contributed by atoms with van der Waals surface area (Å²) >= 11 is 0. The molecule has 1 aromatic heterocycles. The van der Waals surface area contributed by atoms with Crippen molar-refractivity contribution in [1.29, 1.82) is 0 Å². The first kappa shape index (κ1) is 12.8. The van der Waals surface area contributed by atoms with E-state index in [2.05, 4.69) is 18.0 Å². The average Bonchev–Trinajstić information content (AvgIpc) is 2.46. The molecule has 0 fully saturated rings. The summed E-state index contributed by atoms with van der Waals surface area (Å²) in [6.07, 6.45) is -0.680. The molecule has 2 nitrogen and oxygen atoms in total. The summed E-state index contributed by atoms with van der Waals surface area (Å²) in [6.45, 7) is 4.07. The van der Waals surface area contributed by atoms with Crippen LogP contribution in [0, 0.1) is 13.8 Å². The summed E-state index contributed by atoms with van der Waals surface area (Å²) < 4.78 is 0. The highest BCUT2D eigenvalue weighted by atomic mass is 16.3. The highest BCUT2D eigenvalue weighted by Crippen LogP contribution is 2.25. The van der Waals surface area contributed by atoms with Crippen LogP contribution < -0.4 is 0 Å². The second kappa shape index (κ2) is 5.06. The van der Waals surface area contributed by atoms with E-state index in [0.29, 0.717) is 5.69 Å². The second-order valence-corrected chi connectivity index (χ2v) is 5.19. The lowest BCUT2D eigenvalue weighted by atomic mass is 9.98. The van der Waals surface area contributed by atoms with E-state index in [4.69, 9.17) is 0 Å². The maximum absolute atomic E-state index is 10.6. The number of aryl methyl sites for hydroxylation is 2. The monoisotopic (exact) mass is 263 g/mol. The van der Waals surface area contributed by atoms with E-state index < -0.39 is 6.10 Å². The van der Waals surface area contributed by atoms with E-state index in [1.54, 1.807) is 0 Å². The summed E-state index contributed by atoms with van der Waals surface area (Å²) in [4.78, 5) is 4.57. The molecule has 0 aliphatic rings. The van der Waals surface area contributed by atoms with Crippen LogP contribution in [0.4, 0.5) is 0 Å². The van der Waals surface area contributed by atoms with E-state index in [1.165, 1.54) is 5.56 Å². The van der Waals surface area contributed by atoms with Crippen molar-refractivity contribution in [1.82, 2.24) is 4.98 Å². The number of aliphatic hydroxyl groups excluding tert-OH is 1. The molecule has 0 amide bonds. The first-order valence-electron chi connectivity index (χ1n) is 6.76. The van der Waals surface area contributed by atoms with Gasteiger partial charge in [0.05, 0.1) is 11.2 Å². The maximum Gasteiger partial charge on any atom is 0.121 e. The van der Waals surface area contributed by atoms with Crippen LogP contribution in [-0.4, -0.2) is 10.1 Å². The van der Waals surface area contributed by atoms with Crippen molar-refractivity contribution in [2.75, 3.05) is 0 Å². The minimum Gasteiger partial charge on any atom is -0.382 e. The average molecular weight is 263 g/mol. The molecule has 1 N–H and O–H groups in total. The Balaban J connectivity index is 2.05. The molecule has 20 heavy (non-hydrogen) atoms. The van der Waals surface area contributed by atoms with Gasteiger partial charge in [-0.2, -0.15) is 0 Å². The number of hydrogen-bond acceptors (Lipinski definition) is 2. The molecular formula is C18H17NO. The van der Waals surface area contributed by atoms with E-state index >= 15 is 0 Å². The molecule has 0 saturated heterocycles. The van der Waals surface area contributed by atoms with Crippen LogP contribution in [0.1, 0.15) is 28.5 Å². The fourth-order valence-electron chi connectivity index (χ4n) is 2.53.